The third-order valence-corrected chi connectivity index (χ3v) is 3.80. The van der Waals surface area contributed by atoms with Crippen molar-refractivity contribution < 1.29 is 19.4 Å². The van der Waals surface area contributed by atoms with E-state index in [1.54, 1.807) is 14.0 Å². The van der Waals surface area contributed by atoms with E-state index in [0.29, 0.717) is 45.6 Å². The van der Waals surface area contributed by atoms with Gasteiger partial charge in [-0.1, -0.05) is 0 Å². The molecular formula is C13H26N2O4. The number of hydrogen-bond donors (Lipinski definition) is 3. The summed E-state index contributed by atoms with van der Waals surface area (Å²) < 4.78 is 10.2. The first-order valence-electron chi connectivity index (χ1n) is 6.73. The van der Waals surface area contributed by atoms with Crippen molar-refractivity contribution in [3.63, 3.8) is 0 Å². The Labute approximate surface area is 114 Å². The van der Waals surface area contributed by atoms with E-state index in [0.717, 1.165) is 0 Å². The number of rotatable bonds is 7. The lowest BCUT2D eigenvalue weighted by atomic mass is 9.79. The highest BCUT2D eigenvalue weighted by Crippen LogP contribution is 2.29. The Hall–Kier alpha value is -0.690. The van der Waals surface area contributed by atoms with E-state index in [9.17, 15) is 9.90 Å². The molecule has 6 heteroatoms. The molecule has 0 aromatic rings. The molecule has 0 spiro atoms. The van der Waals surface area contributed by atoms with Crippen LogP contribution in [0.25, 0.3) is 0 Å². The molecule has 1 saturated heterocycles. The molecule has 1 atom stereocenters. The summed E-state index contributed by atoms with van der Waals surface area (Å²) in [6.07, 6.45) is 1.74. The van der Waals surface area contributed by atoms with E-state index in [1.807, 2.05) is 0 Å². The van der Waals surface area contributed by atoms with Crippen LogP contribution < -0.4 is 11.1 Å². The van der Waals surface area contributed by atoms with Gasteiger partial charge in [-0.3, -0.25) is 4.79 Å². The second-order valence-electron chi connectivity index (χ2n) is 5.52. The molecule has 0 aromatic heterocycles. The van der Waals surface area contributed by atoms with Gasteiger partial charge in [-0.2, -0.15) is 0 Å². The predicted molar refractivity (Wildman–Crippen MR) is 71.7 cm³/mol. The monoisotopic (exact) mass is 274 g/mol. The summed E-state index contributed by atoms with van der Waals surface area (Å²) in [5.74, 6) is -0.0870. The molecule has 1 aliphatic rings. The standard InChI is InChI=1S/C13H26N2O4/c1-12(17,3-6-18-2)10-15-11(16)13(9-14)4-7-19-8-5-13/h17H,3-10,14H2,1-2H3,(H,15,16). The van der Waals surface area contributed by atoms with Crippen LogP contribution in [0, 0.1) is 5.41 Å². The molecule has 1 amide bonds. The van der Waals surface area contributed by atoms with Crippen molar-refractivity contribution in [1.82, 2.24) is 5.32 Å². The maximum atomic E-state index is 12.3. The fraction of sp³-hybridized carbons (Fsp3) is 0.923. The topological polar surface area (TPSA) is 93.8 Å². The molecule has 0 radical (unpaired) electrons. The number of amides is 1. The summed E-state index contributed by atoms with van der Waals surface area (Å²) in [7, 11) is 1.58. The number of carbonyl (C=O) groups is 1. The zero-order chi connectivity index (χ0) is 14.4. The molecule has 0 aliphatic carbocycles. The van der Waals surface area contributed by atoms with Gasteiger partial charge in [-0.25, -0.2) is 0 Å². The Morgan fingerprint density at radius 2 is 2.16 bits per heavy atom. The molecule has 0 saturated carbocycles. The van der Waals surface area contributed by atoms with Crippen LogP contribution in [0.15, 0.2) is 0 Å². The fourth-order valence-electron chi connectivity index (χ4n) is 2.15. The minimum atomic E-state index is -0.966. The van der Waals surface area contributed by atoms with Gasteiger partial charge >= 0.3 is 0 Å². The quantitative estimate of drug-likeness (QED) is 0.590. The summed E-state index contributed by atoms with van der Waals surface area (Å²) in [5, 5.41) is 12.9. The summed E-state index contributed by atoms with van der Waals surface area (Å²) in [4.78, 5) is 12.3. The number of methoxy groups -OCH3 is 1. The number of nitrogens with two attached hydrogens (primary N) is 1. The normalized spacial score (nSPS) is 21.7. The number of hydrogen-bond acceptors (Lipinski definition) is 5. The van der Waals surface area contributed by atoms with Gasteiger partial charge < -0.3 is 25.6 Å². The molecule has 1 rings (SSSR count). The Morgan fingerprint density at radius 1 is 1.53 bits per heavy atom. The fourth-order valence-corrected chi connectivity index (χ4v) is 2.15. The van der Waals surface area contributed by atoms with Gasteiger partial charge in [0.1, 0.15) is 0 Å². The summed E-state index contributed by atoms with van der Waals surface area (Å²) in [6.45, 7) is 3.78. The van der Waals surface area contributed by atoms with Gasteiger partial charge in [0.2, 0.25) is 5.91 Å². The Kier molecular flexibility index (Phi) is 6.19. The zero-order valence-corrected chi connectivity index (χ0v) is 11.9. The number of ether oxygens (including phenoxy) is 2. The van der Waals surface area contributed by atoms with E-state index in [1.165, 1.54) is 0 Å². The summed E-state index contributed by atoms with van der Waals surface area (Å²) in [6, 6.07) is 0. The number of nitrogens with one attached hydrogen (secondary N) is 1. The van der Waals surface area contributed by atoms with Gasteiger partial charge in [0.05, 0.1) is 11.0 Å². The molecule has 1 unspecified atom stereocenters. The third kappa shape index (κ3) is 4.72. The Balaban J connectivity index is 2.48. The number of carbonyl (C=O) groups excluding carboxylic acids is 1. The Bertz CT molecular complexity index is 288. The molecule has 19 heavy (non-hydrogen) atoms. The predicted octanol–water partition coefficient (Wildman–Crippen LogP) is -0.354. The highest BCUT2D eigenvalue weighted by molar-refractivity contribution is 5.83. The van der Waals surface area contributed by atoms with Crippen molar-refractivity contribution in [3.05, 3.63) is 0 Å². The summed E-state index contributed by atoms with van der Waals surface area (Å²) in [5.41, 5.74) is 4.25. The summed E-state index contributed by atoms with van der Waals surface area (Å²) >= 11 is 0. The largest absolute Gasteiger partial charge is 0.388 e. The number of aliphatic hydroxyl groups is 1. The van der Waals surface area contributed by atoms with E-state index in [-0.39, 0.29) is 12.5 Å². The van der Waals surface area contributed by atoms with E-state index >= 15 is 0 Å². The van der Waals surface area contributed by atoms with E-state index < -0.39 is 11.0 Å². The highest BCUT2D eigenvalue weighted by atomic mass is 16.5. The first kappa shape index (κ1) is 16.4. The Morgan fingerprint density at radius 3 is 2.68 bits per heavy atom. The average molecular weight is 274 g/mol. The van der Waals surface area contributed by atoms with Crippen LogP contribution in [0.5, 0.6) is 0 Å². The lowest BCUT2D eigenvalue weighted by Crippen LogP contribution is -2.52. The van der Waals surface area contributed by atoms with Crippen molar-refractivity contribution in [2.75, 3.05) is 40.0 Å². The minimum absolute atomic E-state index is 0.0870. The van der Waals surface area contributed by atoms with Gasteiger partial charge in [0, 0.05) is 46.4 Å². The lowest BCUT2D eigenvalue weighted by Gasteiger charge is -2.35. The van der Waals surface area contributed by atoms with Crippen LogP contribution in [0.1, 0.15) is 26.2 Å². The first-order chi connectivity index (χ1) is 8.96. The molecule has 112 valence electrons. The van der Waals surface area contributed by atoms with Crippen LogP contribution in [0.3, 0.4) is 0 Å². The van der Waals surface area contributed by atoms with E-state index in [2.05, 4.69) is 5.32 Å². The maximum absolute atomic E-state index is 12.3. The van der Waals surface area contributed by atoms with Crippen LogP contribution in [0.4, 0.5) is 0 Å². The molecule has 6 nitrogen and oxygen atoms in total. The lowest BCUT2D eigenvalue weighted by molar-refractivity contribution is -0.137. The van der Waals surface area contributed by atoms with Crippen LogP contribution >= 0.6 is 0 Å². The van der Waals surface area contributed by atoms with Gasteiger partial charge in [0.15, 0.2) is 0 Å². The van der Waals surface area contributed by atoms with Crippen molar-refractivity contribution >= 4 is 5.91 Å². The van der Waals surface area contributed by atoms with Crippen molar-refractivity contribution in [2.24, 2.45) is 11.1 Å². The van der Waals surface area contributed by atoms with Crippen molar-refractivity contribution in [3.8, 4) is 0 Å². The van der Waals surface area contributed by atoms with Crippen LogP contribution in [-0.4, -0.2) is 56.6 Å². The van der Waals surface area contributed by atoms with Crippen LogP contribution in [-0.2, 0) is 14.3 Å². The molecular weight excluding hydrogens is 248 g/mol. The smallest absolute Gasteiger partial charge is 0.227 e. The van der Waals surface area contributed by atoms with Crippen molar-refractivity contribution in [1.29, 1.82) is 0 Å². The van der Waals surface area contributed by atoms with Crippen molar-refractivity contribution in [2.45, 2.75) is 31.8 Å². The second-order valence-corrected chi connectivity index (χ2v) is 5.52. The van der Waals surface area contributed by atoms with Crippen LogP contribution in [0.2, 0.25) is 0 Å². The zero-order valence-electron chi connectivity index (χ0n) is 11.9. The first-order valence-corrected chi connectivity index (χ1v) is 6.73. The van der Waals surface area contributed by atoms with Gasteiger partial charge in [-0.15, -0.1) is 0 Å². The molecule has 4 N–H and O–H groups in total. The molecule has 1 aliphatic heterocycles. The molecule has 1 heterocycles. The van der Waals surface area contributed by atoms with Gasteiger partial charge in [0.25, 0.3) is 0 Å². The molecule has 1 fully saturated rings. The van der Waals surface area contributed by atoms with E-state index in [4.69, 9.17) is 15.2 Å². The highest BCUT2D eigenvalue weighted by Gasteiger charge is 2.39. The second kappa shape index (κ2) is 7.19. The maximum Gasteiger partial charge on any atom is 0.227 e. The molecule has 0 aromatic carbocycles. The SMILES string of the molecule is COCCC(C)(O)CNC(=O)C1(CN)CCOCC1. The molecule has 0 bridgehead atoms. The van der Waals surface area contributed by atoms with Gasteiger partial charge in [-0.05, 0) is 19.8 Å². The average Bonchev–Trinajstić information content (AvgIpc) is 2.43. The minimum Gasteiger partial charge on any atom is -0.388 e. The third-order valence-electron chi connectivity index (χ3n) is 3.80.